The van der Waals surface area contributed by atoms with Crippen LogP contribution in [-0.4, -0.2) is 21.0 Å². The number of rotatable bonds is 5. The third kappa shape index (κ3) is 3.76. The van der Waals surface area contributed by atoms with Gasteiger partial charge in [-0.25, -0.2) is 9.78 Å². The third-order valence-corrected chi connectivity index (χ3v) is 3.03. The molecule has 0 spiro atoms. The van der Waals surface area contributed by atoms with E-state index in [2.05, 4.69) is 20.9 Å². The van der Waals surface area contributed by atoms with Crippen LogP contribution in [0.2, 0.25) is 0 Å². The van der Waals surface area contributed by atoms with Crippen LogP contribution in [0.15, 0.2) is 41.0 Å². The van der Waals surface area contributed by atoms with Crippen molar-refractivity contribution in [2.75, 3.05) is 0 Å². The van der Waals surface area contributed by atoms with E-state index in [4.69, 9.17) is 9.84 Å². The Kier molecular flexibility index (Phi) is 4.49. The molecule has 8 heteroatoms. The van der Waals surface area contributed by atoms with Crippen molar-refractivity contribution in [2.45, 2.75) is 6.61 Å². The number of nitro groups is 1. The molecule has 2 aromatic rings. The second kappa shape index (κ2) is 6.31. The van der Waals surface area contributed by atoms with E-state index in [1.165, 1.54) is 0 Å². The number of nitrogens with zero attached hydrogens (tertiary/aromatic N) is 2. The summed E-state index contributed by atoms with van der Waals surface area (Å²) in [5.74, 6) is -1.51. The largest absolute Gasteiger partial charge is 0.478 e. The molecule has 0 radical (unpaired) electrons. The van der Waals surface area contributed by atoms with Gasteiger partial charge in [-0.3, -0.25) is 10.1 Å². The lowest BCUT2D eigenvalue weighted by Gasteiger charge is -2.06. The van der Waals surface area contributed by atoms with Crippen LogP contribution in [0.5, 0.6) is 5.88 Å². The molecule has 0 amide bonds. The molecule has 7 nitrogen and oxygen atoms in total. The summed E-state index contributed by atoms with van der Waals surface area (Å²) in [6.07, 6.45) is 1.02. The fraction of sp³-hybridized carbons (Fsp3) is 0.0769. The van der Waals surface area contributed by atoms with Crippen molar-refractivity contribution in [1.29, 1.82) is 0 Å². The van der Waals surface area contributed by atoms with Crippen LogP contribution in [0.3, 0.4) is 0 Å². The minimum atomic E-state index is -1.29. The smallest absolute Gasteiger partial charge is 0.337 e. The number of halogens is 1. The van der Waals surface area contributed by atoms with Gasteiger partial charge in [-0.1, -0.05) is 28.1 Å². The Morgan fingerprint density at radius 3 is 2.81 bits per heavy atom. The molecule has 0 aliphatic rings. The number of carboxylic acids is 1. The number of hydrogen-bond donors (Lipinski definition) is 1. The van der Waals surface area contributed by atoms with Crippen molar-refractivity contribution in [3.05, 3.63) is 62.2 Å². The number of aromatic carboxylic acids is 1. The molecule has 108 valence electrons. The molecule has 0 fully saturated rings. The lowest BCUT2D eigenvalue weighted by atomic mass is 10.2. The maximum atomic E-state index is 10.9. The van der Waals surface area contributed by atoms with Gasteiger partial charge < -0.3 is 9.84 Å². The maximum Gasteiger partial charge on any atom is 0.337 e. The van der Waals surface area contributed by atoms with Crippen LogP contribution in [-0.2, 0) is 6.61 Å². The summed E-state index contributed by atoms with van der Waals surface area (Å²) in [5, 5.41) is 19.8. The van der Waals surface area contributed by atoms with Crippen molar-refractivity contribution < 1.29 is 19.6 Å². The predicted molar refractivity (Wildman–Crippen MR) is 76.3 cm³/mol. The van der Waals surface area contributed by atoms with Crippen molar-refractivity contribution in [2.24, 2.45) is 0 Å². The number of hydrogen-bond acceptors (Lipinski definition) is 5. The summed E-state index contributed by atoms with van der Waals surface area (Å²) in [4.78, 5) is 24.7. The quantitative estimate of drug-likeness (QED) is 0.655. The molecule has 0 atom stereocenters. The van der Waals surface area contributed by atoms with Crippen molar-refractivity contribution in [3.63, 3.8) is 0 Å². The molecule has 0 aliphatic heterocycles. The van der Waals surface area contributed by atoms with E-state index in [1.54, 1.807) is 18.2 Å². The van der Waals surface area contributed by atoms with Crippen LogP contribution in [0.1, 0.15) is 15.9 Å². The van der Waals surface area contributed by atoms with Gasteiger partial charge >= 0.3 is 11.7 Å². The summed E-state index contributed by atoms with van der Waals surface area (Å²) in [6.45, 7) is 0.0830. The highest BCUT2D eigenvalue weighted by Crippen LogP contribution is 2.26. The summed E-state index contributed by atoms with van der Waals surface area (Å²) >= 11 is 3.31. The lowest BCUT2D eigenvalue weighted by Crippen LogP contribution is -2.04. The number of pyridine rings is 1. The monoisotopic (exact) mass is 352 g/mol. The van der Waals surface area contributed by atoms with Gasteiger partial charge in [0.2, 0.25) is 0 Å². The van der Waals surface area contributed by atoms with Crippen LogP contribution >= 0.6 is 15.9 Å². The van der Waals surface area contributed by atoms with E-state index in [1.807, 2.05) is 6.07 Å². The zero-order valence-electron chi connectivity index (χ0n) is 10.5. The molecular formula is C13H9BrN2O5. The second-order valence-electron chi connectivity index (χ2n) is 4.03. The Morgan fingerprint density at radius 1 is 1.43 bits per heavy atom. The third-order valence-electron chi connectivity index (χ3n) is 2.54. The summed E-state index contributed by atoms with van der Waals surface area (Å²) in [5.41, 5.74) is 0.0455. The highest BCUT2D eigenvalue weighted by molar-refractivity contribution is 9.10. The summed E-state index contributed by atoms with van der Waals surface area (Å²) in [6, 6.07) is 8.16. The standard InChI is InChI=1S/C13H9BrN2O5/c14-10-3-1-2-8(4-10)7-21-12-11(16(19)20)5-9(6-15-12)13(17)18/h1-6H,7H2,(H,17,18). The minimum Gasteiger partial charge on any atom is -0.478 e. The molecule has 0 bridgehead atoms. The molecule has 1 aromatic carbocycles. The number of benzene rings is 1. The Balaban J connectivity index is 2.23. The SMILES string of the molecule is O=C(O)c1cnc(OCc2cccc(Br)c2)c([N+](=O)[O-])c1. The van der Waals surface area contributed by atoms with Gasteiger partial charge in [0, 0.05) is 16.7 Å². The Morgan fingerprint density at radius 2 is 2.19 bits per heavy atom. The van der Waals surface area contributed by atoms with Crippen LogP contribution < -0.4 is 4.74 Å². The molecule has 0 aliphatic carbocycles. The number of carboxylic acid groups (broad SMARTS) is 1. The van der Waals surface area contributed by atoms with Gasteiger partial charge in [0.15, 0.2) is 0 Å². The molecule has 1 N–H and O–H groups in total. The molecule has 0 saturated carbocycles. The van der Waals surface area contributed by atoms with Crippen LogP contribution in [0, 0.1) is 10.1 Å². The predicted octanol–water partition coefficient (Wildman–Crippen LogP) is 3.03. The van der Waals surface area contributed by atoms with E-state index < -0.39 is 16.6 Å². The first-order valence-corrected chi connectivity index (χ1v) is 6.51. The normalized spacial score (nSPS) is 10.1. The van der Waals surface area contributed by atoms with Gasteiger partial charge in [-0.15, -0.1) is 0 Å². The average Bonchev–Trinajstić information content (AvgIpc) is 2.44. The second-order valence-corrected chi connectivity index (χ2v) is 4.94. The van der Waals surface area contributed by atoms with E-state index in [0.29, 0.717) is 0 Å². The number of carbonyl (C=O) groups is 1. The van der Waals surface area contributed by atoms with Gasteiger partial charge in [0.25, 0.3) is 5.88 Å². The van der Waals surface area contributed by atoms with Gasteiger partial charge in [-0.2, -0.15) is 0 Å². The topological polar surface area (TPSA) is 103 Å². The highest BCUT2D eigenvalue weighted by atomic mass is 79.9. The first-order valence-electron chi connectivity index (χ1n) is 5.72. The molecule has 0 saturated heterocycles. The zero-order chi connectivity index (χ0) is 15.4. The number of ether oxygens (including phenoxy) is 1. The van der Waals surface area contributed by atoms with Crippen molar-refractivity contribution in [1.82, 2.24) is 4.98 Å². The Bertz CT molecular complexity index is 705. The van der Waals surface area contributed by atoms with E-state index >= 15 is 0 Å². The minimum absolute atomic E-state index is 0.0830. The van der Waals surface area contributed by atoms with Crippen molar-refractivity contribution >= 4 is 27.6 Å². The summed E-state index contributed by atoms with van der Waals surface area (Å²) < 4.78 is 6.16. The van der Waals surface area contributed by atoms with Crippen LogP contribution in [0.25, 0.3) is 0 Å². The van der Waals surface area contributed by atoms with Crippen molar-refractivity contribution in [3.8, 4) is 5.88 Å². The van der Waals surface area contributed by atoms with Gasteiger partial charge in [0.1, 0.15) is 6.61 Å². The number of aromatic nitrogens is 1. The molecule has 1 aromatic heterocycles. The fourth-order valence-electron chi connectivity index (χ4n) is 1.58. The van der Waals surface area contributed by atoms with Gasteiger partial charge in [0.05, 0.1) is 10.5 Å². The van der Waals surface area contributed by atoms with E-state index in [-0.39, 0.29) is 18.1 Å². The zero-order valence-corrected chi connectivity index (χ0v) is 12.1. The molecule has 0 unspecified atom stereocenters. The fourth-order valence-corrected chi connectivity index (χ4v) is 2.02. The Labute approximate surface area is 127 Å². The van der Waals surface area contributed by atoms with Crippen LogP contribution in [0.4, 0.5) is 5.69 Å². The summed E-state index contributed by atoms with van der Waals surface area (Å²) in [7, 11) is 0. The maximum absolute atomic E-state index is 10.9. The van der Waals surface area contributed by atoms with E-state index in [9.17, 15) is 14.9 Å². The molecule has 2 rings (SSSR count). The first-order chi connectivity index (χ1) is 9.97. The highest BCUT2D eigenvalue weighted by Gasteiger charge is 2.20. The molecule has 1 heterocycles. The van der Waals surface area contributed by atoms with Gasteiger partial charge in [-0.05, 0) is 17.7 Å². The molecule has 21 heavy (non-hydrogen) atoms. The van der Waals surface area contributed by atoms with E-state index in [0.717, 1.165) is 22.3 Å². The Hall–Kier alpha value is -2.48. The lowest BCUT2D eigenvalue weighted by molar-refractivity contribution is -0.386. The average molecular weight is 353 g/mol. The molecular weight excluding hydrogens is 344 g/mol. The first kappa shape index (κ1) is 14.9.